The van der Waals surface area contributed by atoms with Crippen molar-refractivity contribution in [2.75, 3.05) is 19.6 Å². The van der Waals surface area contributed by atoms with E-state index < -0.39 is 11.6 Å². The van der Waals surface area contributed by atoms with Gasteiger partial charge in [0.05, 0.1) is 0 Å². The van der Waals surface area contributed by atoms with Crippen LogP contribution >= 0.6 is 12.4 Å². The Balaban J connectivity index is 0.00000361. The molecular formula is C29H40ClN3O3. The number of piperidine rings is 1. The van der Waals surface area contributed by atoms with Crippen LogP contribution < -0.4 is 5.32 Å². The topological polar surface area (TPSA) is 72.9 Å². The highest BCUT2D eigenvalue weighted by Crippen LogP contribution is 2.35. The Morgan fingerprint density at radius 2 is 1.75 bits per heavy atom. The molecule has 0 radical (unpaired) electrons. The van der Waals surface area contributed by atoms with E-state index in [2.05, 4.69) is 55.3 Å². The maximum Gasteiger partial charge on any atom is 0.246 e. The van der Waals surface area contributed by atoms with Crippen molar-refractivity contribution in [3.8, 4) is 16.9 Å². The summed E-state index contributed by atoms with van der Waals surface area (Å²) < 4.78 is 0. The third-order valence-corrected chi connectivity index (χ3v) is 7.47. The van der Waals surface area contributed by atoms with Gasteiger partial charge in [-0.3, -0.25) is 14.5 Å². The predicted molar refractivity (Wildman–Crippen MR) is 146 cm³/mol. The Labute approximate surface area is 221 Å². The maximum absolute atomic E-state index is 13.4. The SMILES string of the molecule is CCCCN1C(=O)[C@H](CC(C)C)NC(=O)C12CCN(Cc1cccc(-c3ccc(O)cc3)c1)CC2.Cl. The van der Waals surface area contributed by atoms with Crippen LogP contribution in [0.4, 0.5) is 0 Å². The van der Waals surface area contributed by atoms with Crippen molar-refractivity contribution in [1.29, 1.82) is 0 Å². The van der Waals surface area contributed by atoms with E-state index in [-0.39, 0.29) is 30.0 Å². The van der Waals surface area contributed by atoms with Gasteiger partial charge in [-0.1, -0.05) is 57.5 Å². The van der Waals surface area contributed by atoms with Gasteiger partial charge < -0.3 is 15.3 Å². The van der Waals surface area contributed by atoms with E-state index in [4.69, 9.17) is 0 Å². The highest BCUT2D eigenvalue weighted by Gasteiger charge is 2.53. The molecule has 2 aromatic rings. The molecule has 0 bridgehead atoms. The highest BCUT2D eigenvalue weighted by atomic mass is 35.5. The molecule has 2 aliphatic heterocycles. The average molecular weight is 514 g/mol. The van der Waals surface area contributed by atoms with E-state index in [0.29, 0.717) is 31.7 Å². The molecule has 2 fully saturated rings. The van der Waals surface area contributed by atoms with Gasteiger partial charge in [-0.25, -0.2) is 0 Å². The number of rotatable bonds is 8. The number of unbranched alkanes of at least 4 members (excludes halogenated alkanes) is 1. The van der Waals surface area contributed by atoms with Crippen LogP contribution in [0.15, 0.2) is 48.5 Å². The fraction of sp³-hybridized carbons (Fsp3) is 0.517. The van der Waals surface area contributed by atoms with E-state index >= 15 is 0 Å². The number of nitrogens with one attached hydrogen (secondary N) is 1. The zero-order chi connectivity index (χ0) is 25.0. The monoisotopic (exact) mass is 513 g/mol. The molecule has 0 aliphatic carbocycles. The molecule has 2 aromatic carbocycles. The second kappa shape index (κ2) is 12.1. The molecule has 2 saturated heterocycles. The van der Waals surface area contributed by atoms with Gasteiger partial charge in [-0.2, -0.15) is 0 Å². The van der Waals surface area contributed by atoms with E-state index in [0.717, 1.165) is 43.6 Å². The Hall–Kier alpha value is -2.57. The summed E-state index contributed by atoms with van der Waals surface area (Å²) in [6, 6.07) is 15.3. The standard InChI is InChI=1S/C29H39N3O3.ClH/c1-4-5-15-32-27(34)26(18-21(2)3)30-28(35)29(32)13-16-31(17-14-29)20-22-7-6-8-24(19-22)23-9-11-25(33)12-10-23;/h6-12,19,21,26,33H,4-5,13-18,20H2,1-3H3,(H,30,35);1H/t26-;/m0./s1. The summed E-state index contributed by atoms with van der Waals surface area (Å²) in [5, 5.41) is 12.7. The van der Waals surface area contributed by atoms with Crippen molar-refractivity contribution in [2.24, 2.45) is 5.92 Å². The van der Waals surface area contributed by atoms with Crippen molar-refractivity contribution in [3.63, 3.8) is 0 Å². The first-order valence-electron chi connectivity index (χ1n) is 13.1. The van der Waals surface area contributed by atoms with E-state index in [1.165, 1.54) is 5.56 Å². The maximum atomic E-state index is 13.4. The molecule has 7 heteroatoms. The summed E-state index contributed by atoms with van der Waals surface area (Å²) in [6.45, 7) is 9.34. The van der Waals surface area contributed by atoms with Crippen LogP contribution in [-0.2, 0) is 16.1 Å². The molecule has 4 rings (SSSR count). The number of carbonyl (C=O) groups excluding carboxylic acids is 2. The fourth-order valence-electron chi connectivity index (χ4n) is 5.49. The number of nitrogens with zero attached hydrogens (tertiary/aromatic N) is 2. The van der Waals surface area contributed by atoms with Crippen molar-refractivity contribution < 1.29 is 14.7 Å². The number of phenolic OH excluding ortho intramolecular Hbond substituents is 1. The van der Waals surface area contributed by atoms with Crippen molar-refractivity contribution in [2.45, 2.75) is 71.0 Å². The normalized spacial score (nSPS) is 19.9. The summed E-state index contributed by atoms with van der Waals surface area (Å²) in [4.78, 5) is 31.2. The first-order chi connectivity index (χ1) is 16.8. The number of amides is 2. The lowest BCUT2D eigenvalue weighted by atomic mass is 9.80. The van der Waals surface area contributed by atoms with Crippen molar-refractivity contribution in [3.05, 3.63) is 54.1 Å². The van der Waals surface area contributed by atoms with Crippen LogP contribution in [0.25, 0.3) is 11.1 Å². The zero-order valence-corrected chi connectivity index (χ0v) is 22.5. The molecule has 2 aliphatic rings. The first kappa shape index (κ1) is 28.0. The number of phenols is 1. The van der Waals surface area contributed by atoms with E-state index in [1.54, 1.807) is 12.1 Å². The molecule has 0 saturated carbocycles. The lowest BCUT2D eigenvalue weighted by molar-refractivity contribution is -0.161. The molecule has 0 unspecified atom stereocenters. The Kier molecular flexibility index (Phi) is 9.42. The minimum absolute atomic E-state index is 0. The fourth-order valence-corrected chi connectivity index (χ4v) is 5.49. The Morgan fingerprint density at radius 1 is 1.06 bits per heavy atom. The zero-order valence-electron chi connectivity index (χ0n) is 21.7. The van der Waals surface area contributed by atoms with Crippen LogP contribution in [-0.4, -0.2) is 57.9 Å². The minimum Gasteiger partial charge on any atom is -0.508 e. The van der Waals surface area contributed by atoms with Crippen LogP contribution in [0.2, 0.25) is 0 Å². The minimum atomic E-state index is -0.718. The number of likely N-dealkylation sites (tertiary alicyclic amines) is 1. The molecule has 2 heterocycles. The van der Waals surface area contributed by atoms with Crippen molar-refractivity contribution in [1.82, 2.24) is 15.1 Å². The predicted octanol–water partition coefficient (Wildman–Crippen LogP) is 4.99. The summed E-state index contributed by atoms with van der Waals surface area (Å²) in [7, 11) is 0. The van der Waals surface area contributed by atoms with Crippen LogP contribution in [0.3, 0.4) is 0 Å². The number of aromatic hydroxyl groups is 1. The number of piperazine rings is 1. The van der Waals surface area contributed by atoms with Gasteiger partial charge in [0, 0.05) is 26.2 Å². The summed E-state index contributed by atoms with van der Waals surface area (Å²) in [5.41, 5.74) is 2.69. The van der Waals surface area contributed by atoms with Crippen LogP contribution in [0.5, 0.6) is 5.75 Å². The lowest BCUT2D eigenvalue weighted by Crippen LogP contribution is -2.73. The summed E-state index contributed by atoms with van der Waals surface area (Å²) in [6.07, 6.45) is 3.94. The molecule has 1 atom stereocenters. The number of halogens is 1. The molecule has 2 N–H and O–H groups in total. The van der Waals surface area contributed by atoms with E-state index in [9.17, 15) is 14.7 Å². The quantitative estimate of drug-likeness (QED) is 0.521. The van der Waals surface area contributed by atoms with E-state index in [1.807, 2.05) is 17.0 Å². The Morgan fingerprint density at radius 3 is 2.39 bits per heavy atom. The van der Waals surface area contributed by atoms with Gasteiger partial charge in [0.1, 0.15) is 17.3 Å². The van der Waals surface area contributed by atoms with Gasteiger partial charge >= 0.3 is 0 Å². The molecule has 36 heavy (non-hydrogen) atoms. The van der Waals surface area contributed by atoms with Crippen LogP contribution in [0.1, 0.15) is 58.4 Å². The average Bonchev–Trinajstić information content (AvgIpc) is 2.84. The number of carbonyl (C=O) groups is 2. The smallest absolute Gasteiger partial charge is 0.246 e. The molecule has 6 nitrogen and oxygen atoms in total. The molecule has 196 valence electrons. The molecule has 0 aromatic heterocycles. The Bertz CT molecular complexity index is 1030. The van der Waals surface area contributed by atoms with Crippen LogP contribution in [0, 0.1) is 5.92 Å². The van der Waals surface area contributed by atoms with Gasteiger partial charge in [-0.15, -0.1) is 12.4 Å². The third-order valence-electron chi connectivity index (χ3n) is 7.47. The number of hydrogen-bond donors (Lipinski definition) is 2. The third kappa shape index (κ3) is 6.04. The van der Waals surface area contributed by atoms with Gasteiger partial charge in [0.15, 0.2) is 0 Å². The molecule has 2 amide bonds. The molecule has 1 spiro atoms. The highest BCUT2D eigenvalue weighted by molar-refractivity contribution is 6.00. The summed E-state index contributed by atoms with van der Waals surface area (Å²) in [5.74, 6) is 0.751. The first-order valence-corrected chi connectivity index (χ1v) is 13.1. The molecular weight excluding hydrogens is 474 g/mol. The second-order valence-corrected chi connectivity index (χ2v) is 10.6. The van der Waals surface area contributed by atoms with Gasteiger partial charge in [0.25, 0.3) is 0 Å². The lowest BCUT2D eigenvalue weighted by Gasteiger charge is -2.52. The number of benzene rings is 2. The van der Waals surface area contributed by atoms with Crippen molar-refractivity contribution >= 4 is 24.2 Å². The summed E-state index contributed by atoms with van der Waals surface area (Å²) >= 11 is 0. The largest absolute Gasteiger partial charge is 0.508 e. The van der Waals surface area contributed by atoms with Gasteiger partial charge in [0.2, 0.25) is 11.8 Å². The van der Waals surface area contributed by atoms with Gasteiger partial charge in [-0.05, 0) is 66.5 Å². The second-order valence-electron chi connectivity index (χ2n) is 10.6. The number of hydrogen-bond acceptors (Lipinski definition) is 4.